The molecule has 0 spiro atoms. The SMILES string of the molecule is COc1ccc(S(=O)(=O)N[C@@H](C)C(=O)N2CCN(c3ccccc3)CC2)cc1OC. The molecule has 0 aromatic heterocycles. The third kappa shape index (κ3) is 4.85. The normalized spacial score (nSPS) is 15.6. The number of anilines is 1. The third-order valence-electron chi connectivity index (χ3n) is 5.08. The molecule has 1 N–H and O–H groups in total. The number of para-hydroxylation sites is 1. The van der Waals surface area contributed by atoms with Gasteiger partial charge in [-0.15, -0.1) is 0 Å². The molecule has 1 aliphatic rings. The number of nitrogens with zero attached hydrogens (tertiary/aromatic N) is 2. The molecule has 0 radical (unpaired) electrons. The number of benzene rings is 2. The van der Waals surface area contributed by atoms with E-state index < -0.39 is 16.1 Å². The number of piperazine rings is 1. The zero-order chi connectivity index (χ0) is 21.7. The summed E-state index contributed by atoms with van der Waals surface area (Å²) >= 11 is 0. The van der Waals surface area contributed by atoms with E-state index in [4.69, 9.17) is 9.47 Å². The van der Waals surface area contributed by atoms with Crippen LogP contribution in [0.3, 0.4) is 0 Å². The second-order valence-electron chi connectivity index (χ2n) is 7.01. The van der Waals surface area contributed by atoms with Crippen molar-refractivity contribution in [3.63, 3.8) is 0 Å². The van der Waals surface area contributed by atoms with Crippen LogP contribution in [0.15, 0.2) is 53.4 Å². The van der Waals surface area contributed by atoms with E-state index in [0.717, 1.165) is 5.69 Å². The second kappa shape index (κ2) is 9.36. The van der Waals surface area contributed by atoms with Gasteiger partial charge >= 0.3 is 0 Å². The highest BCUT2D eigenvalue weighted by Crippen LogP contribution is 2.29. The first-order valence-corrected chi connectivity index (χ1v) is 11.2. The summed E-state index contributed by atoms with van der Waals surface area (Å²) in [6.07, 6.45) is 0. The monoisotopic (exact) mass is 433 g/mol. The fraction of sp³-hybridized carbons (Fsp3) is 0.381. The zero-order valence-electron chi connectivity index (χ0n) is 17.4. The quantitative estimate of drug-likeness (QED) is 0.715. The maximum atomic E-state index is 12.8. The molecule has 0 aliphatic carbocycles. The van der Waals surface area contributed by atoms with Gasteiger partial charge in [0.2, 0.25) is 15.9 Å². The van der Waals surface area contributed by atoms with Gasteiger partial charge < -0.3 is 19.3 Å². The summed E-state index contributed by atoms with van der Waals surface area (Å²) in [5.74, 6) is 0.486. The van der Waals surface area contributed by atoms with E-state index in [0.29, 0.717) is 37.7 Å². The van der Waals surface area contributed by atoms with Crippen molar-refractivity contribution in [1.82, 2.24) is 9.62 Å². The molecule has 1 atom stereocenters. The molecule has 1 aliphatic heterocycles. The molecular formula is C21H27N3O5S. The minimum absolute atomic E-state index is 0.00805. The number of sulfonamides is 1. The van der Waals surface area contributed by atoms with Gasteiger partial charge in [0.25, 0.3) is 0 Å². The Balaban J connectivity index is 1.62. The largest absolute Gasteiger partial charge is 0.493 e. The van der Waals surface area contributed by atoms with Crippen molar-refractivity contribution in [3.8, 4) is 11.5 Å². The van der Waals surface area contributed by atoms with Gasteiger partial charge in [0.1, 0.15) is 0 Å². The summed E-state index contributed by atoms with van der Waals surface area (Å²) in [7, 11) is -0.990. The molecule has 0 bridgehead atoms. The summed E-state index contributed by atoms with van der Waals surface area (Å²) in [5, 5.41) is 0. The van der Waals surface area contributed by atoms with Gasteiger partial charge in [0.15, 0.2) is 11.5 Å². The highest BCUT2D eigenvalue weighted by Gasteiger charge is 2.28. The first-order chi connectivity index (χ1) is 14.4. The lowest BCUT2D eigenvalue weighted by molar-refractivity contribution is -0.132. The van der Waals surface area contributed by atoms with E-state index in [1.807, 2.05) is 30.3 Å². The molecule has 30 heavy (non-hydrogen) atoms. The van der Waals surface area contributed by atoms with Crippen LogP contribution < -0.4 is 19.1 Å². The number of carbonyl (C=O) groups excluding carboxylic acids is 1. The lowest BCUT2D eigenvalue weighted by atomic mass is 10.2. The van der Waals surface area contributed by atoms with Gasteiger partial charge in [0, 0.05) is 37.9 Å². The molecule has 8 nitrogen and oxygen atoms in total. The van der Waals surface area contributed by atoms with E-state index in [1.54, 1.807) is 11.8 Å². The molecule has 1 saturated heterocycles. The van der Waals surface area contributed by atoms with Crippen molar-refractivity contribution in [1.29, 1.82) is 0 Å². The standard InChI is InChI=1S/C21H27N3O5S/c1-16(22-30(26,27)18-9-10-19(28-2)20(15-18)29-3)21(25)24-13-11-23(12-14-24)17-7-5-4-6-8-17/h4-10,15-16,22H,11-14H2,1-3H3/t16-/m0/s1. The minimum Gasteiger partial charge on any atom is -0.493 e. The van der Waals surface area contributed by atoms with Crippen molar-refractivity contribution < 1.29 is 22.7 Å². The van der Waals surface area contributed by atoms with Crippen molar-refractivity contribution in [2.24, 2.45) is 0 Å². The van der Waals surface area contributed by atoms with E-state index in [2.05, 4.69) is 9.62 Å². The highest BCUT2D eigenvalue weighted by molar-refractivity contribution is 7.89. The molecule has 1 fully saturated rings. The number of ether oxygens (including phenoxy) is 2. The Hall–Kier alpha value is -2.78. The van der Waals surface area contributed by atoms with Gasteiger partial charge in [-0.2, -0.15) is 4.72 Å². The van der Waals surface area contributed by atoms with Crippen molar-refractivity contribution in [2.45, 2.75) is 17.9 Å². The van der Waals surface area contributed by atoms with Crippen molar-refractivity contribution in [3.05, 3.63) is 48.5 Å². The lowest BCUT2D eigenvalue weighted by Crippen LogP contribution is -2.54. The Morgan fingerprint density at radius 3 is 2.20 bits per heavy atom. The Labute approximate surface area is 177 Å². The van der Waals surface area contributed by atoms with Gasteiger partial charge in [-0.1, -0.05) is 18.2 Å². The van der Waals surface area contributed by atoms with Crippen LogP contribution in [-0.2, 0) is 14.8 Å². The molecule has 162 valence electrons. The van der Waals surface area contributed by atoms with Crippen LogP contribution >= 0.6 is 0 Å². The molecule has 3 rings (SSSR count). The van der Waals surface area contributed by atoms with Crippen LogP contribution in [0.25, 0.3) is 0 Å². The molecule has 0 unspecified atom stereocenters. The van der Waals surface area contributed by atoms with Crippen LogP contribution in [0, 0.1) is 0 Å². The summed E-state index contributed by atoms with van der Waals surface area (Å²) in [6, 6.07) is 13.4. The molecule has 2 aromatic rings. The number of hydrogen-bond donors (Lipinski definition) is 1. The predicted molar refractivity (Wildman–Crippen MR) is 115 cm³/mol. The maximum absolute atomic E-state index is 12.8. The van der Waals surface area contributed by atoms with E-state index in [1.165, 1.54) is 32.4 Å². The molecule has 0 saturated carbocycles. The van der Waals surface area contributed by atoms with Crippen molar-refractivity contribution >= 4 is 21.6 Å². The average Bonchev–Trinajstić information content (AvgIpc) is 2.78. The molecular weight excluding hydrogens is 406 g/mol. The summed E-state index contributed by atoms with van der Waals surface area (Å²) < 4.78 is 38.3. The molecule has 9 heteroatoms. The number of carbonyl (C=O) groups is 1. The minimum atomic E-state index is -3.90. The first kappa shape index (κ1) is 21.9. The molecule has 1 amide bonds. The zero-order valence-corrected chi connectivity index (χ0v) is 18.2. The topological polar surface area (TPSA) is 88.2 Å². The number of amides is 1. The van der Waals surface area contributed by atoms with E-state index >= 15 is 0 Å². The Bertz CT molecular complexity index is 973. The highest BCUT2D eigenvalue weighted by atomic mass is 32.2. The molecule has 1 heterocycles. The Morgan fingerprint density at radius 1 is 0.967 bits per heavy atom. The number of methoxy groups -OCH3 is 2. The van der Waals surface area contributed by atoms with Crippen LogP contribution in [0.4, 0.5) is 5.69 Å². The third-order valence-corrected chi connectivity index (χ3v) is 6.62. The van der Waals surface area contributed by atoms with Crippen LogP contribution in [0.2, 0.25) is 0 Å². The predicted octanol–water partition coefficient (Wildman–Crippen LogP) is 1.72. The number of hydrogen-bond acceptors (Lipinski definition) is 6. The summed E-state index contributed by atoms with van der Waals surface area (Å²) in [6.45, 7) is 4.03. The number of rotatable bonds is 7. The second-order valence-corrected chi connectivity index (χ2v) is 8.72. The maximum Gasteiger partial charge on any atom is 0.241 e. The van der Waals surface area contributed by atoms with Crippen LogP contribution in [0.5, 0.6) is 11.5 Å². The fourth-order valence-corrected chi connectivity index (χ4v) is 4.64. The van der Waals surface area contributed by atoms with Crippen LogP contribution in [0.1, 0.15) is 6.92 Å². The fourth-order valence-electron chi connectivity index (χ4n) is 3.43. The van der Waals surface area contributed by atoms with Gasteiger partial charge in [-0.05, 0) is 31.2 Å². The molecule has 2 aromatic carbocycles. The van der Waals surface area contributed by atoms with Crippen LogP contribution in [-0.4, -0.2) is 65.7 Å². The van der Waals surface area contributed by atoms with E-state index in [9.17, 15) is 13.2 Å². The number of nitrogens with one attached hydrogen (secondary N) is 1. The van der Waals surface area contributed by atoms with E-state index in [-0.39, 0.29) is 10.8 Å². The van der Waals surface area contributed by atoms with Gasteiger partial charge in [-0.25, -0.2) is 8.42 Å². The van der Waals surface area contributed by atoms with Crippen molar-refractivity contribution in [2.75, 3.05) is 45.3 Å². The summed E-state index contributed by atoms with van der Waals surface area (Å²) in [5.41, 5.74) is 1.12. The lowest BCUT2D eigenvalue weighted by Gasteiger charge is -2.37. The van der Waals surface area contributed by atoms with Gasteiger partial charge in [0.05, 0.1) is 25.2 Å². The average molecular weight is 434 g/mol. The Morgan fingerprint density at radius 2 is 1.60 bits per heavy atom. The van der Waals surface area contributed by atoms with Gasteiger partial charge in [-0.3, -0.25) is 4.79 Å². The summed E-state index contributed by atoms with van der Waals surface area (Å²) in [4.78, 5) is 16.7. The smallest absolute Gasteiger partial charge is 0.241 e. The Kier molecular flexibility index (Phi) is 6.84. The first-order valence-electron chi connectivity index (χ1n) is 9.69.